The van der Waals surface area contributed by atoms with Crippen LogP contribution in [0.5, 0.6) is 0 Å². The summed E-state index contributed by atoms with van der Waals surface area (Å²) in [6.45, 7) is 0.146. The molecule has 1 amide bonds. The summed E-state index contributed by atoms with van der Waals surface area (Å²) < 4.78 is 0. The van der Waals surface area contributed by atoms with Crippen LogP contribution >= 0.6 is 0 Å². The number of fused-ring (bicyclic) bond motifs is 2. The Morgan fingerprint density at radius 2 is 1.62 bits per heavy atom. The number of amides is 1. The highest BCUT2D eigenvalue weighted by molar-refractivity contribution is 6.13. The first-order valence-corrected chi connectivity index (χ1v) is 13.1. The number of aliphatic hydroxyl groups excluding tert-OH is 1. The predicted octanol–water partition coefficient (Wildman–Crippen LogP) is 4.95. The summed E-state index contributed by atoms with van der Waals surface area (Å²) in [5.74, 6) is -1.02. The summed E-state index contributed by atoms with van der Waals surface area (Å²) in [4.78, 5) is 34.0. The molecule has 2 aliphatic rings. The molecule has 0 aliphatic carbocycles. The lowest BCUT2D eigenvalue weighted by molar-refractivity contribution is -0.141. The average Bonchev–Trinajstić information content (AvgIpc) is 3.21. The van der Waals surface area contributed by atoms with Gasteiger partial charge < -0.3 is 10.2 Å². The number of carboxylic acids is 1. The van der Waals surface area contributed by atoms with Gasteiger partial charge in [-0.25, -0.2) is 0 Å². The van der Waals surface area contributed by atoms with Crippen LogP contribution < -0.4 is 4.90 Å². The molecule has 3 aromatic carbocycles. The molecule has 7 heteroatoms. The fourth-order valence-corrected chi connectivity index (χ4v) is 6.16. The van der Waals surface area contributed by atoms with E-state index in [0.29, 0.717) is 18.7 Å². The number of carbonyl (C=O) groups is 2. The fourth-order valence-electron chi connectivity index (χ4n) is 6.16. The first-order chi connectivity index (χ1) is 19.0. The van der Waals surface area contributed by atoms with E-state index in [1.54, 1.807) is 34.2 Å². The van der Waals surface area contributed by atoms with Crippen LogP contribution in [0, 0.1) is 0 Å². The molecule has 3 unspecified atom stereocenters. The zero-order valence-electron chi connectivity index (χ0n) is 21.4. The van der Waals surface area contributed by atoms with Crippen molar-refractivity contribution in [2.75, 3.05) is 18.0 Å². The summed E-state index contributed by atoms with van der Waals surface area (Å²) in [7, 11) is 0. The molecule has 6 rings (SSSR count). The van der Waals surface area contributed by atoms with E-state index in [2.05, 4.69) is 17.1 Å². The maximum absolute atomic E-state index is 14.4. The largest absolute Gasteiger partial charge is 0.480 e. The third kappa shape index (κ3) is 4.39. The van der Waals surface area contributed by atoms with Crippen molar-refractivity contribution in [2.24, 2.45) is 0 Å². The molecule has 1 fully saturated rings. The zero-order chi connectivity index (χ0) is 27.0. The van der Waals surface area contributed by atoms with Crippen LogP contribution in [0.25, 0.3) is 11.1 Å². The number of para-hydroxylation sites is 1. The topological polar surface area (TPSA) is 94.0 Å². The first-order valence-electron chi connectivity index (χ1n) is 13.1. The molecule has 196 valence electrons. The Morgan fingerprint density at radius 3 is 2.33 bits per heavy atom. The molecule has 39 heavy (non-hydrogen) atoms. The second kappa shape index (κ2) is 10.1. The molecule has 3 heterocycles. The minimum atomic E-state index is -1.04. The van der Waals surface area contributed by atoms with Crippen LogP contribution in [0.1, 0.15) is 30.2 Å². The lowest BCUT2D eigenvalue weighted by Gasteiger charge is -2.45. The molecule has 1 aromatic heterocycles. The fraction of sp³-hybridized carbons (Fsp3) is 0.219. The number of aromatic nitrogens is 1. The van der Waals surface area contributed by atoms with Crippen LogP contribution in [-0.2, 0) is 15.0 Å². The van der Waals surface area contributed by atoms with Gasteiger partial charge in [-0.05, 0) is 59.9 Å². The second-order valence-electron chi connectivity index (χ2n) is 10.2. The number of carbonyl (C=O) groups excluding carboxylic acids is 1. The van der Waals surface area contributed by atoms with Crippen LogP contribution in [0.3, 0.4) is 0 Å². The molecular weight excluding hydrogens is 490 g/mol. The highest BCUT2D eigenvalue weighted by Crippen LogP contribution is 2.52. The van der Waals surface area contributed by atoms with Gasteiger partial charge in [0, 0.05) is 24.5 Å². The van der Waals surface area contributed by atoms with E-state index in [-0.39, 0.29) is 18.9 Å². The normalized spacial score (nSPS) is 21.6. The second-order valence-corrected chi connectivity index (χ2v) is 10.2. The van der Waals surface area contributed by atoms with Crippen molar-refractivity contribution in [3.63, 3.8) is 0 Å². The van der Waals surface area contributed by atoms with E-state index in [9.17, 15) is 19.8 Å². The summed E-state index contributed by atoms with van der Waals surface area (Å²) in [5, 5.41) is 21.0. The van der Waals surface area contributed by atoms with E-state index in [4.69, 9.17) is 0 Å². The Labute approximate surface area is 227 Å². The lowest BCUT2D eigenvalue weighted by atomic mass is 9.70. The van der Waals surface area contributed by atoms with Crippen molar-refractivity contribution in [3.8, 4) is 11.1 Å². The summed E-state index contributed by atoms with van der Waals surface area (Å²) in [6, 6.07) is 30.6. The summed E-state index contributed by atoms with van der Waals surface area (Å²) in [6.07, 6.45) is 1.31. The van der Waals surface area contributed by atoms with Gasteiger partial charge >= 0.3 is 5.97 Å². The van der Waals surface area contributed by atoms with E-state index < -0.39 is 23.5 Å². The number of aliphatic hydroxyl groups is 1. The van der Waals surface area contributed by atoms with Crippen molar-refractivity contribution in [3.05, 3.63) is 115 Å². The number of hydrogen-bond acceptors (Lipinski definition) is 5. The molecule has 1 saturated heterocycles. The smallest absolute Gasteiger partial charge is 0.317 e. The number of aliphatic carboxylic acids is 1. The molecule has 0 saturated carbocycles. The van der Waals surface area contributed by atoms with Crippen molar-refractivity contribution in [1.82, 2.24) is 9.88 Å². The standard InChI is InChI=1S/C32H29N3O4/c36-29(37)21-34-19-17-32(20-28(34)30(38)26-11-6-7-18-33-26)25-10-4-5-12-27(25)35(31(32)39)24-15-13-23(14-16-24)22-8-2-1-3-9-22/h1-16,18,28,30,38H,17,19-21H2,(H,36,37). The first kappa shape index (κ1) is 25.0. The van der Waals surface area contributed by atoms with E-state index in [1.807, 2.05) is 66.7 Å². The van der Waals surface area contributed by atoms with Gasteiger partial charge in [0.1, 0.15) is 6.10 Å². The molecule has 0 bridgehead atoms. The third-order valence-corrected chi connectivity index (χ3v) is 8.05. The molecular formula is C32H29N3O4. The summed E-state index contributed by atoms with van der Waals surface area (Å²) >= 11 is 0. The Balaban J connectivity index is 1.38. The van der Waals surface area contributed by atoms with Crippen molar-refractivity contribution < 1.29 is 19.8 Å². The maximum atomic E-state index is 14.4. The SMILES string of the molecule is O=C(O)CN1CCC2(CC1C(O)c1ccccn1)C(=O)N(c1ccc(-c3ccccc3)cc1)c1ccccc12. The maximum Gasteiger partial charge on any atom is 0.317 e. The Kier molecular flexibility index (Phi) is 6.46. The van der Waals surface area contributed by atoms with Gasteiger partial charge in [0.25, 0.3) is 0 Å². The number of benzene rings is 3. The van der Waals surface area contributed by atoms with E-state index >= 15 is 0 Å². The molecule has 7 nitrogen and oxygen atoms in total. The van der Waals surface area contributed by atoms with Gasteiger partial charge in [0.15, 0.2) is 0 Å². The van der Waals surface area contributed by atoms with Gasteiger partial charge in [-0.15, -0.1) is 0 Å². The minimum absolute atomic E-state index is 0.0515. The number of nitrogens with zero attached hydrogens (tertiary/aromatic N) is 3. The predicted molar refractivity (Wildman–Crippen MR) is 149 cm³/mol. The van der Waals surface area contributed by atoms with Gasteiger partial charge in [-0.3, -0.25) is 24.4 Å². The third-order valence-electron chi connectivity index (χ3n) is 8.05. The lowest BCUT2D eigenvalue weighted by Crippen LogP contribution is -2.55. The molecule has 1 spiro atoms. The number of anilines is 2. The zero-order valence-corrected chi connectivity index (χ0v) is 21.4. The molecule has 0 radical (unpaired) electrons. The van der Waals surface area contributed by atoms with Crippen molar-refractivity contribution in [2.45, 2.75) is 30.4 Å². The van der Waals surface area contributed by atoms with Crippen molar-refractivity contribution >= 4 is 23.3 Å². The van der Waals surface area contributed by atoms with E-state index in [1.165, 1.54) is 0 Å². The van der Waals surface area contributed by atoms with Crippen molar-refractivity contribution in [1.29, 1.82) is 0 Å². The van der Waals surface area contributed by atoms with Gasteiger partial charge in [-0.1, -0.05) is 66.7 Å². The quantitative estimate of drug-likeness (QED) is 0.375. The van der Waals surface area contributed by atoms with Gasteiger partial charge in [0.05, 0.1) is 23.3 Å². The Bertz CT molecular complexity index is 1490. The number of pyridine rings is 1. The van der Waals surface area contributed by atoms with E-state index in [0.717, 1.165) is 28.1 Å². The molecule has 3 atom stereocenters. The molecule has 4 aromatic rings. The van der Waals surface area contributed by atoms with Gasteiger partial charge in [0.2, 0.25) is 5.91 Å². The molecule has 2 aliphatic heterocycles. The number of likely N-dealkylation sites (tertiary alicyclic amines) is 1. The monoisotopic (exact) mass is 519 g/mol. The van der Waals surface area contributed by atoms with Crippen LogP contribution in [-0.4, -0.2) is 51.1 Å². The van der Waals surface area contributed by atoms with Crippen LogP contribution in [0.15, 0.2) is 103 Å². The molecule has 2 N–H and O–H groups in total. The Morgan fingerprint density at radius 1 is 0.923 bits per heavy atom. The highest BCUT2D eigenvalue weighted by atomic mass is 16.4. The number of rotatable bonds is 6. The number of carboxylic acid groups (broad SMARTS) is 1. The highest BCUT2D eigenvalue weighted by Gasteiger charge is 2.55. The average molecular weight is 520 g/mol. The minimum Gasteiger partial charge on any atom is -0.480 e. The van der Waals surface area contributed by atoms with Crippen LogP contribution in [0.2, 0.25) is 0 Å². The van der Waals surface area contributed by atoms with Crippen LogP contribution in [0.4, 0.5) is 11.4 Å². The Hall–Kier alpha value is -4.33. The van der Waals surface area contributed by atoms with Gasteiger partial charge in [-0.2, -0.15) is 0 Å². The summed E-state index contributed by atoms with van der Waals surface area (Å²) in [5.41, 5.74) is 4.26. The number of hydrogen-bond donors (Lipinski definition) is 2. The number of piperidine rings is 1.